The summed E-state index contributed by atoms with van der Waals surface area (Å²) in [6.45, 7) is 8.97. The van der Waals surface area contributed by atoms with E-state index in [-0.39, 0.29) is 25.2 Å². The van der Waals surface area contributed by atoms with E-state index in [9.17, 15) is 14.4 Å². The number of allylic oxidation sites excluding steroid dienone is 4. The zero-order chi connectivity index (χ0) is 36.8. The van der Waals surface area contributed by atoms with Gasteiger partial charge in [0.15, 0.2) is 0 Å². The third kappa shape index (κ3) is 35.5. The first-order valence-corrected chi connectivity index (χ1v) is 20.9. The lowest BCUT2D eigenvalue weighted by atomic mass is 10.0. The number of carbonyl (C=O) groups is 3. The molecule has 0 N–H and O–H groups in total. The fourth-order valence-electron chi connectivity index (χ4n) is 5.74. The van der Waals surface area contributed by atoms with Crippen molar-refractivity contribution in [3.8, 4) is 0 Å². The van der Waals surface area contributed by atoms with Crippen LogP contribution in [0, 0.1) is 5.92 Å². The largest absolute Gasteiger partial charge is 0.508 e. The maximum Gasteiger partial charge on any atom is 0.508 e. The van der Waals surface area contributed by atoms with Gasteiger partial charge in [-0.15, -0.1) is 0 Å². The van der Waals surface area contributed by atoms with Crippen LogP contribution in [0.5, 0.6) is 0 Å². The van der Waals surface area contributed by atoms with Crippen molar-refractivity contribution in [2.45, 2.75) is 207 Å². The summed E-state index contributed by atoms with van der Waals surface area (Å²) in [5, 5.41) is 0. The Bertz CT molecular complexity index is 821. The van der Waals surface area contributed by atoms with E-state index in [1.807, 2.05) is 6.92 Å². The van der Waals surface area contributed by atoms with E-state index in [1.165, 1.54) is 96.3 Å². The molecule has 0 aromatic heterocycles. The molecule has 0 aromatic carbocycles. The summed E-state index contributed by atoms with van der Waals surface area (Å²) in [6, 6.07) is 0. The van der Waals surface area contributed by atoms with Gasteiger partial charge in [0.05, 0.1) is 13.2 Å². The van der Waals surface area contributed by atoms with Gasteiger partial charge in [-0.2, -0.15) is 0 Å². The Hall–Kier alpha value is -2.31. The summed E-state index contributed by atoms with van der Waals surface area (Å²) < 4.78 is 21.4. The van der Waals surface area contributed by atoms with E-state index in [0.29, 0.717) is 6.61 Å². The Kier molecular flexibility index (Phi) is 36.2. The van der Waals surface area contributed by atoms with Crippen LogP contribution in [0.4, 0.5) is 4.79 Å². The van der Waals surface area contributed by atoms with Crippen molar-refractivity contribution >= 4 is 18.1 Å². The van der Waals surface area contributed by atoms with Gasteiger partial charge in [-0.25, -0.2) is 4.79 Å². The van der Waals surface area contributed by atoms with Crippen LogP contribution in [0.2, 0.25) is 0 Å². The van der Waals surface area contributed by atoms with E-state index >= 15 is 0 Å². The van der Waals surface area contributed by atoms with E-state index in [2.05, 4.69) is 45.1 Å². The maximum absolute atomic E-state index is 12.6. The van der Waals surface area contributed by atoms with Crippen LogP contribution in [-0.4, -0.2) is 44.0 Å². The zero-order valence-corrected chi connectivity index (χ0v) is 33.0. The van der Waals surface area contributed by atoms with Crippen LogP contribution in [0.3, 0.4) is 0 Å². The summed E-state index contributed by atoms with van der Waals surface area (Å²) >= 11 is 0. The number of carbonyl (C=O) groups excluding carboxylic acids is 3. The van der Waals surface area contributed by atoms with Gasteiger partial charge in [0.1, 0.15) is 19.1 Å². The van der Waals surface area contributed by atoms with Gasteiger partial charge >= 0.3 is 18.1 Å². The molecule has 0 heterocycles. The Morgan fingerprint density at radius 2 is 0.960 bits per heavy atom. The summed E-state index contributed by atoms with van der Waals surface area (Å²) in [5.41, 5.74) is 0. The number of hydrogen-bond acceptors (Lipinski definition) is 7. The number of hydrogen-bond donors (Lipinski definition) is 0. The molecule has 0 saturated carbocycles. The second-order valence-electron chi connectivity index (χ2n) is 14.2. The molecule has 0 bridgehead atoms. The van der Waals surface area contributed by atoms with E-state index in [1.54, 1.807) is 0 Å². The molecular formula is C43H78O7. The van der Waals surface area contributed by atoms with E-state index < -0.39 is 24.5 Å². The molecule has 0 radical (unpaired) electrons. The Balaban J connectivity index is 3.98. The molecule has 0 aliphatic carbocycles. The van der Waals surface area contributed by atoms with Gasteiger partial charge in [-0.1, -0.05) is 155 Å². The lowest BCUT2D eigenvalue weighted by molar-refractivity contribution is -0.158. The van der Waals surface area contributed by atoms with Crippen molar-refractivity contribution in [2.24, 2.45) is 5.92 Å². The predicted molar refractivity (Wildman–Crippen MR) is 207 cm³/mol. The third-order valence-electron chi connectivity index (χ3n) is 8.93. The highest BCUT2D eigenvalue weighted by molar-refractivity contribution is 5.91. The minimum atomic E-state index is -0.698. The molecule has 0 saturated heterocycles. The zero-order valence-electron chi connectivity index (χ0n) is 33.0. The molecule has 7 nitrogen and oxygen atoms in total. The first kappa shape index (κ1) is 47.7. The van der Waals surface area contributed by atoms with Crippen molar-refractivity contribution < 1.29 is 33.3 Å². The SMILES string of the molecule is CCCCC/C=C\C/C=C\CCCCCCCCOC(=O)OCC(C)COC(=O)CC(=O)OC(CCCCCCCC)CCCCCCCC. The van der Waals surface area contributed by atoms with Crippen LogP contribution < -0.4 is 0 Å². The molecule has 292 valence electrons. The lowest BCUT2D eigenvalue weighted by Gasteiger charge is -2.18. The smallest absolute Gasteiger partial charge is 0.465 e. The van der Waals surface area contributed by atoms with Crippen molar-refractivity contribution in [1.82, 2.24) is 0 Å². The summed E-state index contributed by atoms with van der Waals surface area (Å²) in [7, 11) is 0. The topological polar surface area (TPSA) is 88.1 Å². The molecule has 0 amide bonds. The van der Waals surface area contributed by atoms with Crippen LogP contribution in [-0.2, 0) is 28.5 Å². The van der Waals surface area contributed by atoms with Gasteiger partial charge < -0.3 is 18.9 Å². The normalized spacial score (nSPS) is 12.2. The lowest BCUT2D eigenvalue weighted by Crippen LogP contribution is -2.23. The fourth-order valence-corrected chi connectivity index (χ4v) is 5.74. The number of esters is 2. The van der Waals surface area contributed by atoms with Crippen LogP contribution in [0.15, 0.2) is 24.3 Å². The first-order chi connectivity index (χ1) is 24.4. The van der Waals surface area contributed by atoms with Gasteiger partial charge in [0.2, 0.25) is 0 Å². The standard InChI is InChI=1S/C43H78O7/c1-5-8-11-14-17-18-19-20-21-22-23-24-25-26-29-32-35-47-43(46)49-38-39(4)37-48-41(44)36-42(45)50-40(33-30-27-15-12-9-6-2)34-31-28-16-13-10-7-3/h17-18,20-21,39-40H,5-16,19,22-38H2,1-4H3/b18-17-,21-20-. The summed E-state index contributed by atoms with van der Waals surface area (Å²) in [5.74, 6) is -1.34. The Labute approximate surface area is 308 Å². The van der Waals surface area contributed by atoms with Crippen LogP contribution in [0.25, 0.3) is 0 Å². The summed E-state index contributed by atoms with van der Waals surface area (Å²) in [4.78, 5) is 36.8. The van der Waals surface area contributed by atoms with Crippen molar-refractivity contribution in [3.63, 3.8) is 0 Å². The number of ether oxygens (including phenoxy) is 4. The molecule has 0 fully saturated rings. The molecule has 50 heavy (non-hydrogen) atoms. The second kappa shape index (κ2) is 37.9. The molecule has 0 aromatic rings. The van der Waals surface area contributed by atoms with Crippen LogP contribution in [0.1, 0.15) is 201 Å². The second-order valence-corrected chi connectivity index (χ2v) is 14.2. The minimum absolute atomic E-state index is 0.0598. The van der Waals surface area contributed by atoms with E-state index in [4.69, 9.17) is 18.9 Å². The molecule has 0 rings (SSSR count). The minimum Gasteiger partial charge on any atom is -0.465 e. The van der Waals surface area contributed by atoms with E-state index in [0.717, 1.165) is 70.6 Å². The summed E-state index contributed by atoms with van der Waals surface area (Å²) in [6.07, 6.45) is 37.8. The maximum atomic E-state index is 12.6. The highest BCUT2D eigenvalue weighted by Gasteiger charge is 2.19. The van der Waals surface area contributed by atoms with Crippen molar-refractivity contribution in [3.05, 3.63) is 24.3 Å². The fraction of sp³-hybridized carbons (Fsp3) is 0.837. The van der Waals surface area contributed by atoms with Gasteiger partial charge in [0, 0.05) is 5.92 Å². The average Bonchev–Trinajstić information content (AvgIpc) is 3.10. The highest BCUT2D eigenvalue weighted by atomic mass is 16.7. The molecule has 7 heteroatoms. The predicted octanol–water partition coefficient (Wildman–Crippen LogP) is 12.9. The monoisotopic (exact) mass is 707 g/mol. The number of rotatable bonds is 36. The molecule has 1 atom stereocenters. The molecule has 1 unspecified atom stereocenters. The van der Waals surface area contributed by atoms with Gasteiger partial charge in [-0.3, -0.25) is 9.59 Å². The average molecular weight is 707 g/mol. The molecule has 0 aliphatic rings. The highest BCUT2D eigenvalue weighted by Crippen LogP contribution is 2.18. The van der Waals surface area contributed by atoms with Gasteiger partial charge in [-0.05, 0) is 64.2 Å². The van der Waals surface area contributed by atoms with Crippen LogP contribution >= 0.6 is 0 Å². The first-order valence-electron chi connectivity index (χ1n) is 20.9. The molecule has 0 aliphatic heterocycles. The third-order valence-corrected chi connectivity index (χ3v) is 8.93. The molecular weight excluding hydrogens is 628 g/mol. The Morgan fingerprint density at radius 3 is 1.54 bits per heavy atom. The van der Waals surface area contributed by atoms with Crippen molar-refractivity contribution in [1.29, 1.82) is 0 Å². The number of unbranched alkanes of at least 4 members (excludes halogenated alkanes) is 19. The quantitative estimate of drug-likeness (QED) is 0.0211. The van der Waals surface area contributed by atoms with Crippen molar-refractivity contribution in [2.75, 3.05) is 19.8 Å². The van der Waals surface area contributed by atoms with Gasteiger partial charge in [0.25, 0.3) is 0 Å². The molecule has 0 spiro atoms. The Morgan fingerprint density at radius 1 is 0.500 bits per heavy atom.